The van der Waals surface area contributed by atoms with Crippen LogP contribution in [-0.2, 0) is 6.61 Å². The quantitative estimate of drug-likeness (QED) is 0.660. The summed E-state index contributed by atoms with van der Waals surface area (Å²) < 4.78 is 5.96. The Morgan fingerprint density at radius 2 is 2.07 bits per heavy atom. The zero-order valence-electron chi connectivity index (χ0n) is 15.8. The molecule has 1 saturated heterocycles. The first-order valence-corrected chi connectivity index (χ1v) is 9.44. The fraction of sp³-hybridized carbons (Fsp3) is 0.304. The predicted octanol–water partition coefficient (Wildman–Crippen LogP) is 4.98. The Bertz CT molecular complexity index is 1020. The van der Waals surface area contributed by atoms with E-state index < -0.39 is 0 Å². The number of aromatic nitrogens is 1. The lowest BCUT2D eigenvalue weighted by atomic mass is 10.1. The first-order chi connectivity index (χ1) is 13.2. The molecule has 0 bridgehead atoms. The standard InChI is InChI=1S/C23H23N3O/c1-16-12-23(26-11-5-6-17(26)2)21-10-9-20(13-22(21)25-16)27-15-19-8-4-3-7-18(19)14-24/h3-4,7-10,12-13,17H,5-6,11,15H2,1-2H3. The molecule has 0 radical (unpaired) electrons. The summed E-state index contributed by atoms with van der Waals surface area (Å²) in [6.07, 6.45) is 2.48. The molecule has 0 aliphatic carbocycles. The average molecular weight is 357 g/mol. The fourth-order valence-corrected chi connectivity index (χ4v) is 3.85. The molecule has 1 aliphatic rings. The highest BCUT2D eigenvalue weighted by molar-refractivity contribution is 5.93. The van der Waals surface area contributed by atoms with Gasteiger partial charge >= 0.3 is 0 Å². The van der Waals surface area contributed by atoms with Crippen molar-refractivity contribution in [2.24, 2.45) is 0 Å². The van der Waals surface area contributed by atoms with Crippen LogP contribution in [0.3, 0.4) is 0 Å². The van der Waals surface area contributed by atoms with Gasteiger partial charge in [-0.15, -0.1) is 0 Å². The van der Waals surface area contributed by atoms with E-state index in [0.29, 0.717) is 18.2 Å². The van der Waals surface area contributed by atoms with Crippen LogP contribution >= 0.6 is 0 Å². The van der Waals surface area contributed by atoms with Crippen molar-refractivity contribution in [1.29, 1.82) is 5.26 Å². The van der Waals surface area contributed by atoms with Gasteiger partial charge in [0.05, 0.1) is 17.1 Å². The third-order valence-corrected chi connectivity index (χ3v) is 5.28. The summed E-state index contributed by atoms with van der Waals surface area (Å²) in [5.74, 6) is 0.772. The second-order valence-electron chi connectivity index (χ2n) is 7.20. The van der Waals surface area contributed by atoms with Gasteiger partial charge in [0.15, 0.2) is 0 Å². The van der Waals surface area contributed by atoms with E-state index in [4.69, 9.17) is 9.72 Å². The molecule has 1 aromatic heterocycles. The molecular weight excluding hydrogens is 334 g/mol. The number of nitrogens with zero attached hydrogens (tertiary/aromatic N) is 3. The van der Waals surface area contributed by atoms with E-state index >= 15 is 0 Å². The molecule has 0 spiro atoms. The van der Waals surface area contributed by atoms with E-state index in [-0.39, 0.29) is 0 Å². The van der Waals surface area contributed by atoms with Gasteiger partial charge in [0.1, 0.15) is 12.4 Å². The number of rotatable bonds is 4. The number of aryl methyl sites for hydroxylation is 1. The van der Waals surface area contributed by atoms with Crippen molar-refractivity contribution in [3.05, 3.63) is 65.4 Å². The molecule has 0 N–H and O–H groups in total. The number of hydrogen-bond donors (Lipinski definition) is 0. The number of fused-ring (bicyclic) bond motifs is 1. The zero-order valence-corrected chi connectivity index (χ0v) is 15.8. The minimum Gasteiger partial charge on any atom is -0.489 e. The van der Waals surface area contributed by atoms with Crippen molar-refractivity contribution in [2.75, 3.05) is 11.4 Å². The topological polar surface area (TPSA) is 49.1 Å². The lowest BCUT2D eigenvalue weighted by Gasteiger charge is -2.25. The Labute approximate surface area is 160 Å². The van der Waals surface area contributed by atoms with Gasteiger partial charge in [-0.3, -0.25) is 4.98 Å². The summed E-state index contributed by atoms with van der Waals surface area (Å²) in [6.45, 7) is 5.80. The third-order valence-electron chi connectivity index (χ3n) is 5.28. The highest BCUT2D eigenvalue weighted by Gasteiger charge is 2.22. The monoisotopic (exact) mass is 357 g/mol. The van der Waals surface area contributed by atoms with E-state index in [2.05, 4.69) is 30.0 Å². The van der Waals surface area contributed by atoms with E-state index in [9.17, 15) is 5.26 Å². The number of pyridine rings is 1. The summed E-state index contributed by atoms with van der Waals surface area (Å²) in [7, 11) is 0. The zero-order chi connectivity index (χ0) is 18.8. The Morgan fingerprint density at radius 1 is 1.22 bits per heavy atom. The van der Waals surface area contributed by atoms with Crippen LogP contribution in [0, 0.1) is 18.3 Å². The summed E-state index contributed by atoms with van der Waals surface area (Å²) in [5.41, 5.74) is 4.78. The average Bonchev–Trinajstić information content (AvgIpc) is 3.11. The minimum atomic E-state index is 0.372. The molecule has 0 amide bonds. The van der Waals surface area contributed by atoms with Crippen LogP contribution in [0.15, 0.2) is 48.5 Å². The summed E-state index contributed by atoms with van der Waals surface area (Å²) in [5, 5.41) is 10.4. The second kappa shape index (κ2) is 7.28. The molecule has 2 aromatic carbocycles. The van der Waals surface area contributed by atoms with Crippen LogP contribution < -0.4 is 9.64 Å². The molecule has 1 unspecified atom stereocenters. The molecule has 0 saturated carbocycles. The Morgan fingerprint density at radius 3 is 2.85 bits per heavy atom. The second-order valence-corrected chi connectivity index (χ2v) is 7.20. The first-order valence-electron chi connectivity index (χ1n) is 9.44. The highest BCUT2D eigenvalue weighted by Crippen LogP contribution is 2.33. The van der Waals surface area contributed by atoms with Crippen LogP contribution in [0.25, 0.3) is 10.9 Å². The van der Waals surface area contributed by atoms with Crippen molar-refractivity contribution < 1.29 is 4.74 Å². The maximum Gasteiger partial charge on any atom is 0.122 e. The van der Waals surface area contributed by atoms with Gasteiger partial charge < -0.3 is 9.64 Å². The maximum absolute atomic E-state index is 9.22. The van der Waals surface area contributed by atoms with Crippen molar-refractivity contribution in [3.8, 4) is 11.8 Å². The summed E-state index contributed by atoms with van der Waals surface area (Å²) in [4.78, 5) is 7.21. The van der Waals surface area contributed by atoms with Gasteiger partial charge in [-0.25, -0.2) is 0 Å². The van der Waals surface area contributed by atoms with Crippen molar-refractivity contribution in [1.82, 2.24) is 4.98 Å². The van der Waals surface area contributed by atoms with Gasteiger partial charge in [0.2, 0.25) is 0 Å². The first kappa shape index (κ1) is 17.4. The van der Waals surface area contributed by atoms with E-state index in [1.807, 2.05) is 43.3 Å². The van der Waals surface area contributed by atoms with Crippen LogP contribution in [-0.4, -0.2) is 17.6 Å². The van der Waals surface area contributed by atoms with E-state index in [0.717, 1.165) is 29.1 Å². The molecular formula is C23H23N3O. The normalized spacial score (nSPS) is 16.5. The largest absolute Gasteiger partial charge is 0.489 e. The lowest BCUT2D eigenvalue weighted by Crippen LogP contribution is -2.26. The molecule has 1 aliphatic heterocycles. The maximum atomic E-state index is 9.22. The van der Waals surface area contributed by atoms with Gasteiger partial charge in [-0.1, -0.05) is 18.2 Å². The van der Waals surface area contributed by atoms with Crippen LogP contribution in [0.2, 0.25) is 0 Å². The number of ether oxygens (including phenoxy) is 1. The summed E-state index contributed by atoms with van der Waals surface area (Å²) in [6, 6.07) is 18.6. The molecule has 27 heavy (non-hydrogen) atoms. The fourth-order valence-electron chi connectivity index (χ4n) is 3.85. The van der Waals surface area contributed by atoms with Gasteiger partial charge in [-0.05, 0) is 51.0 Å². The predicted molar refractivity (Wildman–Crippen MR) is 108 cm³/mol. The molecule has 136 valence electrons. The minimum absolute atomic E-state index is 0.372. The van der Waals surface area contributed by atoms with Gasteiger partial charge in [0, 0.05) is 41.0 Å². The molecule has 1 atom stereocenters. The molecule has 2 heterocycles. The molecule has 4 nitrogen and oxygen atoms in total. The Kier molecular flexibility index (Phi) is 4.68. The summed E-state index contributed by atoms with van der Waals surface area (Å²) >= 11 is 0. The van der Waals surface area contributed by atoms with Gasteiger partial charge in [-0.2, -0.15) is 5.26 Å². The number of anilines is 1. The van der Waals surface area contributed by atoms with Gasteiger partial charge in [0.25, 0.3) is 0 Å². The smallest absolute Gasteiger partial charge is 0.122 e. The van der Waals surface area contributed by atoms with Crippen LogP contribution in [0.4, 0.5) is 5.69 Å². The number of hydrogen-bond acceptors (Lipinski definition) is 4. The third kappa shape index (κ3) is 3.46. The van der Waals surface area contributed by atoms with Crippen LogP contribution in [0.5, 0.6) is 5.75 Å². The number of nitriles is 1. The Balaban J connectivity index is 1.64. The van der Waals surface area contributed by atoms with Crippen LogP contribution in [0.1, 0.15) is 36.6 Å². The van der Waals surface area contributed by atoms with Crippen molar-refractivity contribution in [3.63, 3.8) is 0 Å². The van der Waals surface area contributed by atoms with Crippen molar-refractivity contribution >= 4 is 16.6 Å². The SMILES string of the molecule is Cc1cc(N2CCCC2C)c2ccc(OCc3ccccc3C#N)cc2n1. The molecule has 4 heteroatoms. The van der Waals surface area contributed by atoms with E-state index in [1.165, 1.54) is 23.9 Å². The molecule has 1 fully saturated rings. The van der Waals surface area contributed by atoms with E-state index in [1.54, 1.807) is 0 Å². The number of benzene rings is 2. The molecule has 4 rings (SSSR count). The lowest BCUT2D eigenvalue weighted by molar-refractivity contribution is 0.306. The molecule has 3 aromatic rings. The highest BCUT2D eigenvalue weighted by atomic mass is 16.5. The van der Waals surface area contributed by atoms with Crippen molar-refractivity contribution in [2.45, 2.75) is 39.3 Å². The Hall–Kier alpha value is -3.06.